The first-order valence-electron chi connectivity index (χ1n) is 9.88. The number of amides is 1. The van der Waals surface area contributed by atoms with Gasteiger partial charge in [-0.3, -0.25) is 9.79 Å². The highest BCUT2D eigenvalue weighted by molar-refractivity contribution is 14.0. The normalized spacial score (nSPS) is 10.9. The molecule has 1 amide bonds. The summed E-state index contributed by atoms with van der Waals surface area (Å²) in [4.78, 5) is 16.5. The molecule has 0 heterocycles. The molecular formula is C20H34ClIN4O3. The maximum atomic E-state index is 12.0. The lowest BCUT2D eigenvalue weighted by molar-refractivity contribution is 0.0497. The Morgan fingerprint density at radius 3 is 2.28 bits per heavy atom. The summed E-state index contributed by atoms with van der Waals surface area (Å²) in [6, 6.07) is 6.80. The van der Waals surface area contributed by atoms with Gasteiger partial charge in [-0.2, -0.15) is 0 Å². The number of nitrogens with one attached hydrogen (secondary N) is 3. The third-order valence-electron chi connectivity index (χ3n) is 3.67. The Morgan fingerprint density at radius 2 is 1.62 bits per heavy atom. The van der Waals surface area contributed by atoms with Gasteiger partial charge in [-0.25, -0.2) is 0 Å². The summed E-state index contributed by atoms with van der Waals surface area (Å²) in [6.45, 7) is 9.05. The Kier molecular flexibility index (Phi) is 18.2. The fraction of sp³-hybridized carbons (Fsp3) is 0.600. The molecule has 1 rings (SSSR count). The van der Waals surface area contributed by atoms with Crippen molar-refractivity contribution in [3.8, 4) is 0 Å². The van der Waals surface area contributed by atoms with Crippen molar-refractivity contribution in [3.05, 3.63) is 34.9 Å². The summed E-state index contributed by atoms with van der Waals surface area (Å²) >= 11 is 5.83. The molecule has 166 valence electrons. The molecule has 0 fully saturated rings. The van der Waals surface area contributed by atoms with Gasteiger partial charge in [0.1, 0.15) is 0 Å². The van der Waals surface area contributed by atoms with Gasteiger partial charge in [0.2, 0.25) is 0 Å². The number of benzene rings is 1. The van der Waals surface area contributed by atoms with Crippen LogP contribution in [-0.4, -0.2) is 64.5 Å². The summed E-state index contributed by atoms with van der Waals surface area (Å²) in [7, 11) is 0. The molecule has 0 aliphatic rings. The minimum Gasteiger partial charge on any atom is -0.379 e. The summed E-state index contributed by atoms with van der Waals surface area (Å²) in [5.41, 5.74) is 0.584. The van der Waals surface area contributed by atoms with Crippen LogP contribution in [0.1, 0.15) is 37.0 Å². The van der Waals surface area contributed by atoms with Crippen LogP contribution in [-0.2, 0) is 9.47 Å². The van der Waals surface area contributed by atoms with E-state index < -0.39 is 0 Å². The molecule has 29 heavy (non-hydrogen) atoms. The predicted molar refractivity (Wildman–Crippen MR) is 130 cm³/mol. The molecule has 0 radical (unpaired) electrons. The van der Waals surface area contributed by atoms with Gasteiger partial charge in [0.25, 0.3) is 5.91 Å². The van der Waals surface area contributed by atoms with Crippen LogP contribution >= 0.6 is 35.6 Å². The molecule has 7 nitrogen and oxygen atoms in total. The Balaban J connectivity index is 0.00000784. The van der Waals surface area contributed by atoms with Gasteiger partial charge in [0.15, 0.2) is 5.96 Å². The van der Waals surface area contributed by atoms with Crippen LogP contribution in [0.25, 0.3) is 0 Å². The van der Waals surface area contributed by atoms with Crippen molar-refractivity contribution >= 4 is 47.4 Å². The minimum absolute atomic E-state index is 0. The number of hydrogen-bond donors (Lipinski definition) is 3. The van der Waals surface area contributed by atoms with Gasteiger partial charge in [0, 0.05) is 36.8 Å². The second kappa shape index (κ2) is 18.9. The molecule has 0 bridgehead atoms. The van der Waals surface area contributed by atoms with E-state index in [0.717, 1.165) is 26.0 Å². The molecule has 1 aromatic carbocycles. The van der Waals surface area contributed by atoms with E-state index in [1.807, 2.05) is 6.92 Å². The number of halogens is 2. The van der Waals surface area contributed by atoms with Gasteiger partial charge in [0.05, 0.1) is 26.4 Å². The van der Waals surface area contributed by atoms with Gasteiger partial charge in [-0.1, -0.05) is 24.9 Å². The number of unbranched alkanes of at least 4 members (excludes halogenated alkanes) is 1. The van der Waals surface area contributed by atoms with Crippen molar-refractivity contribution in [2.75, 3.05) is 52.6 Å². The minimum atomic E-state index is -0.130. The Hall–Kier alpha value is -1.10. The third kappa shape index (κ3) is 14.5. The van der Waals surface area contributed by atoms with Gasteiger partial charge < -0.3 is 25.4 Å². The first-order valence-corrected chi connectivity index (χ1v) is 10.3. The Morgan fingerprint density at radius 1 is 0.966 bits per heavy atom. The van der Waals surface area contributed by atoms with Crippen LogP contribution in [0.5, 0.6) is 0 Å². The smallest absolute Gasteiger partial charge is 0.251 e. The zero-order valence-corrected chi connectivity index (χ0v) is 20.4. The van der Waals surface area contributed by atoms with Crippen LogP contribution in [0.15, 0.2) is 29.3 Å². The maximum Gasteiger partial charge on any atom is 0.251 e. The van der Waals surface area contributed by atoms with Crippen molar-refractivity contribution in [1.82, 2.24) is 16.0 Å². The number of nitrogens with zero attached hydrogens (tertiary/aromatic N) is 1. The highest BCUT2D eigenvalue weighted by Gasteiger charge is 2.04. The fourth-order valence-electron chi connectivity index (χ4n) is 2.19. The summed E-state index contributed by atoms with van der Waals surface area (Å²) in [5.74, 6) is 0.570. The standard InChI is InChI=1S/C20H33ClN4O3.HI/c1-3-5-13-27-15-16-28-14-12-25-20(22-4-2)24-11-10-23-19(26)17-6-8-18(21)9-7-17;/h6-9H,3-5,10-16H2,1-2H3,(H,23,26)(H2,22,24,25);1H. The van der Waals surface area contributed by atoms with Crippen molar-refractivity contribution in [2.24, 2.45) is 4.99 Å². The molecule has 1 aromatic rings. The quantitative estimate of drug-likeness (QED) is 0.146. The number of hydrogen-bond acceptors (Lipinski definition) is 4. The highest BCUT2D eigenvalue weighted by Crippen LogP contribution is 2.09. The van der Waals surface area contributed by atoms with E-state index in [4.69, 9.17) is 21.1 Å². The molecule has 0 saturated heterocycles. The predicted octanol–water partition coefficient (Wildman–Crippen LogP) is 3.08. The van der Waals surface area contributed by atoms with E-state index in [-0.39, 0.29) is 29.9 Å². The van der Waals surface area contributed by atoms with Crippen molar-refractivity contribution in [1.29, 1.82) is 0 Å². The van der Waals surface area contributed by atoms with E-state index in [9.17, 15) is 4.79 Å². The SMILES string of the molecule is CCCCOCCOCCN=C(NCC)NCCNC(=O)c1ccc(Cl)cc1.I. The maximum absolute atomic E-state index is 12.0. The number of rotatable bonds is 14. The van der Waals surface area contributed by atoms with E-state index in [1.165, 1.54) is 0 Å². The van der Waals surface area contributed by atoms with Crippen LogP contribution in [0.4, 0.5) is 0 Å². The molecule has 0 unspecified atom stereocenters. The number of aliphatic imine (C=N–C) groups is 1. The van der Waals surface area contributed by atoms with E-state index in [1.54, 1.807) is 24.3 Å². The lowest BCUT2D eigenvalue weighted by Crippen LogP contribution is -2.41. The first kappa shape index (κ1) is 27.9. The highest BCUT2D eigenvalue weighted by atomic mass is 127. The van der Waals surface area contributed by atoms with Crippen molar-refractivity contribution in [3.63, 3.8) is 0 Å². The van der Waals surface area contributed by atoms with Crippen molar-refractivity contribution in [2.45, 2.75) is 26.7 Å². The molecule has 0 spiro atoms. The monoisotopic (exact) mass is 540 g/mol. The molecule has 0 atom stereocenters. The second-order valence-corrected chi connectivity index (χ2v) is 6.46. The van der Waals surface area contributed by atoms with Gasteiger partial charge in [-0.05, 0) is 37.6 Å². The average Bonchev–Trinajstić information content (AvgIpc) is 2.70. The lowest BCUT2D eigenvalue weighted by atomic mass is 10.2. The largest absolute Gasteiger partial charge is 0.379 e. The lowest BCUT2D eigenvalue weighted by Gasteiger charge is -2.12. The first-order chi connectivity index (χ1) is 13.7. The number of carbonyl (C=O) groups is 1. The number of ether oxygens (including phenoxy) is 2. The van der Waals surface area contributed by atoms with E-state index in [0.29, 0.717) is 56.0 Å². The molecule has 3 N–H and O–H groups in total. The number of carbonyl (C=O) groups excluding carboxylic acids is 1. The molecule has 0 saturated carbocycles. The van der Waals surface area contributed by atoms with Gasteiger partial charge in [-0.15, -0.1) is 24.0 Å². The van der Waals surface area contributed by atoms with E-state index in [2.05, 4.69) is 27.9 Å². The topological polar surface area (TPSA) is 84.0 Å². The zero-order chi connectivity index (χ0) is 20.5. The van der Waals surface area contributed by atoms with Crippen molar-refractivity contribution < 1.29 is 14.3 Å². The Bertz CT molecular complexity index is 573. The fourth-order valence-corrected chi connectivity index (χ4v) is 2.32. The second-order valence-electron chi connectivity index (χ2n) is 6.03. The summed E-state index contributed by atoms with van der Waals surface area (Å²) in [5, 5.41) is 9.81. The molecule has 0 aromatic heterocycles. The number of guanidine groups is 1. The molecule has 9 heteroatoms. The van der Waals surface area contributed by atoms with Gasteiger partial charge >= 0.3 is 0 Å². The van der Waals surface area contributed by atoms with Crippen LogP contribution in [0.2, 0.25) is 5.02 Å². The van der Waals surface area contributed by atoms with Crippen LogP contribution < -0.4 is 16.0 Å². The summed E-state index contributed by atoms with van der Waals surface area (Å²) < 4.78 is 10.9. The average molecular weight is 541 g/mol. The van der Waals surface area contributed by atoms with Crippen LogP contribution in [0, 0.1) is 0 Å². The molecule has 0 aliphatic heterocycles. The van der Waals surface area contributed by atoms with E-state index >= 15 is 0 Å². The molecular weight excluding hydrogens is 507 g/mol. The summed E-state index contributed by atoms with van der Waals surface area (Å²) in [6.07, 6.45) is 2.22. The third-order valence-corrected chi connectivity index (χ3v) is 3.93. The van der Waals surface area contributed by atoms with Crippen LogP contribution in [0.3, 0.4) is 0 Å². The zero-order valence-electron chi connectivity index (χ0n) is 17.3. The molecule has 0 aliphatic carbocycles. The Labute approximate surface area is 196 Å².